The fraction of sp³-hybridized carbons (Fsp3) is 0.545. The highest BCUT2D eigenvalue weighted by Crippen LogP contribution is 2.64. The minimum absolute atomic E-state index is 0.0100. The predicted molar refractivity (Wildman–Crippen MR) is 152 cm³/mol. The van der Waals surface area contributed by atoms with Gasteiger partial charge in [-0.25, -0.2) is 0 Å². The summed E-state index contributed by atoms with van der Waals surface area (Å²) in [4.78, 5) is 39.4. The second kappa shape index (κ2) is 9.72. The van der Waals surface area contributed by atoms with E-state index < -0.39 is 33.9 Å². The van der Waals surface area contributed by atoms with Crippen LogP contribution in [0.3, 0.4) is 0 Å². The van der Waals surface area contributed by atoms with Gasteiger partial charge < -0.3 is 20.1 Å². The van der Waals surface area contributed by atoms with Gasteiger partial charge in [0.2, 0.25) is 0 Å². The van der Waals surface area contributed by atoms with Crippen molar-refractivity contribution in [1.82, 2.24) is 0 Å². The van der Waals surface area contributed by atoms with E-state index in [0.29, 0.717) is 24.8 Å². The molecule has 3 aliphatic carbocycles. The Morgan fingerprint density at radius 1 is 1.12 bits per heavy atom. The molecule has 0 heterocycles. The van der Waals surface area contributed by atoms with Crippen LogP contribution in [0.5, 0.6) is 5.75 Å². The summed E-state index contributed by atoms with van der Waals surface area (Å²) in [7, 11) is 0. The number of ether oxygens (including phenoxy) is 1. The van der Waals surface area contributed by atoms with Crippen molar-refractivity contribution in [1.29, 1.82) is 0 Å². The van der Waals surface area contributed by atoms with Gasteiger partial charge in [0.05, 0.1) is 18.6 Å². The molecular weight excluding hydrogens is 508 g/mol. The average Bonchev–Trinajstić information content (AvgIpc) is 2.81. The van der Waals surface area contributed by atoms with Gasteiger partial charge in [0.15, 0.2) is 17.2 Å². The lowest BCUT2D eigenvalue weighted by molar-refractivity contribution is -0.143. The summed E-state index contributed by atoms with van der Waals surface area (Å²) in [6.07, 6.45) is 0.856. The van der Waals surface area contributed by atoms with Gasteiger partial charge >= 0.3 is 5.97 Å². The van der Waals surface area contributed by atoms with Crippen molar-refractivity contribution in [2.75, 3.05) is 6.61 Å². The molecule has 7 heteroatoms. The van der Waals surface area contributed by atoms with Crippen LogP contribution in [0.25, 0.3) is 0 Å². The van der Waals surface area contributed by atoms with Crippen molar-refractivity contribution in [3.8, 4) is 5.75 Å². The van der Waals surface area contributed by atoms with Crippen molar-refractivity contribution in [2.24, 2.45) is 16.7 Å². The summed E-state index contributed by atoms with van der Waals surface area (Å²) in [5, 5.41) is 35.4. The van der Waals surface area contributed by atoms with Crippen LogP contribution in [0.1, 0.15) is 101 Å². The number of ketones is 2. The number of phenolic OH excluding ortho intramolecular Hbond substituents is 1. The van der Waals surface area contributed by atoms with Gasteiger partial charge in [0.1, 0.15) is 11.5 Å². The zero-order chi connectivity index (χ0) is 30.1. The van der Waals surface area contributed by atoms with E-state index in [-0.39, 0.29) is 64.2 Å². The quantitative estimate of drug-likeness (QED) is 0.382. The Morgan fingerprint density at radius 2 is 1.75 bits per heavy atom. The highest BCUT2D eigenvalue weighted by atomic mass is 16.5. The number of hydrogen-bond donors (Lipinski definition) is 3. The number of fused-ring (bicyclic) bond motifs is 3. The maximum Gasteiger partial charge on any atom is 0.310 e. The lowest BCUT2D eigenvalue weighted by Gasteiger charge is -2.58. The molecule has 0 unspecified atom stereocenters. The van der Waals surface area contributed by atoms with Crippen LogP contribution in [-0.2, 0) is 27.2 Å². The zero-order valence-electron chi connectivity index (χ0n) is 24.9. The Morgan fingerprint density at radius 3 is 2.30 bits per heavy atom. The molecule has 0 spiro atoms. The topological polar surface area (TPSA) is 121 Å². The van der Waals surface area contributed by atoms with Crippen LogP contribution in [-0.4, -0.2) is 45.1 Å². The van der Waals surface area contributed by atoms with Crippen LogP contribution in [0.2, 0.25) is 0 Å². The van der Waals surface area contributed by atoms with Gasteiger partial charge in [0.25, 0.3) is 0 Å². The summed E-state index contributed by atoms with van der Waals surface area (Å²) < 4.78 is 5.33. The first kappa shape index (κ1) is 29.8. The Balaban J connectivity index is 1.93. The molecule has 0 saturated heterocycles. The van der Waals surface area contributed by atoms with Crippen molar-refractivity contribution < 1.29 is 34.4 Å². The van der Waals surface area contributed by atoms with Gasteiger partial charge in [-0.3, -0.25) is 14.4 Å². The highest BCUT2D eigenvalue weighted by Gasteiger charge is 2.64. The molecule has 7 nitrogen and oxygen atoms in total. The second-order valence-corrected chi connectivity index (χ2v) is 13.3. The molecular formula is C33H42O7. The molecule has 1 aromatic rings. The van der Waals surface area contributed by atoms with E-state index in [4.69, 9.17) is 4.74 Å². The van der Waals surface area contributed by atoms with Gasteiger partial charge in [-0.1, -0.05) is 59.8 Å². The molecule has 1 aromatic carbocycles. The molecule has 0 aliphatic heterocycles. The molecule has 0 fully saturated rings. The second-order valence-electron chi connectivity index (χ2n) is 13.3. The van der Waals surface area contributed by atoms with Crippen molar-refractivity contribution in [2.45, 2.75) is 92.6 Å². The number of hydrogen-bond acceptors (Lipinski definition) is 7. The predicted octanol–water partition coefficient (Wildman–Crippen LogP) is 5.82. The average molecular weight is 551 g/mol. The van der Waals surface area contributed by atoms with Crippen LogP contribution in [0.15, 0.2) is 40.7 Å². The molecule has 3 aliphatic rings. The number of benzene rings is 1. The lowest BCUT2D eigenvalue weighted by Crippen LogP contribution is -2.60. The SMILES string of the molecule is C=C1C(C(C)=O)=C(C)C[C@@]2(C)C[C@@]3(C)Cc4c(C(C)C)cc(CC(=O)OCC(C)C)c(O)c4C(=O)C3=C(O)[C@@]12O. The van der Waals surface area contributed by atoms with Gasteiger partial charge in [0, 0.05) is 27.5 Å². The molecule has 4 rings (SSSR count). The number of aromatic hydroxyl groups is 1. The minimum Gasteiger partial charge on any atom is -0.508 e. The van der Waals surface area contributed by atoms with E-state index in [1.807, 2.05) is 48.5 Å². The fourth-order valence-corrected chi connectivity index (χ4v) is 7.54. The highest BCUT2D eigenvalue weighted by molar-refractivity contribution is 6.15. The van der Waals surface area contributed by atoms with Gasteiger partial charge in [-0.2, -0.15) is 0 Å². The first-order valence-electron chi connectivity index (χ1n) is 14.0. The molecule has 0 aromatic heterocycles. The Bertz CT molecular complexity index is 1410. The first-order valence-corrected chi connectivity index (χ1v) is 14.0. The summed E-state index contributed by atoms with van der Waals surface area (Å²) in [5.41, 5.74) is -0.740. The van der Waals surface area contributed by atoms with E-state index in [2.05, 4.69) is 6.58 Å². The number of allylic oxidation sites excluding steroid dienone is 2. The van der Waals surface area contributed by atoms with Crippen LogP contribution < -0.4 is 0 Å². The third-order valence-corrected chi connectivity index (χ3v) is 9.09. The van der Waals surface area contributed by atoms with Crippen molar-refractivity contribution in [3.05, 3.63) is 63.0 Å². The van der Waals surface area contributed by atoms with Gasteiger partial charge in [-0.15, -0.1) is 0 Å². The molecule has 0 saturated carbocycles. The number of phenols is 1. The van der Waals surface area contributed by atoms with Crippen LogP contribution >= 0.6 is 0 Å². The molecule has 0 radical (unpaired) electrons. The van der Waals surface area contributed by atoms with Crippen LogP contribution in [0.4, 0.5) is 0 Å². The normalized spacial score (nSPS) is 28.1. The largest absolute Gasteiger partial charge is 0.508 e. The first-order chi connectivity index (χ1) is 18.4. The minimum atomic E-state index is -2.02. The summed E-state index contributed by atoms with van der Waals surface area (Å²) in [5.74, 6) is -2.03. The van der Waals surface area contributed by atoms with Crippen molar-refractivity contribution >= 4 is 17.5 Å². The number of Topliss-reactive ketones (excluding diaryl/α,β-unsaturated/α-hetero) is 2. The maximum atomic E-state index is 14.3. The number of esters is 1. The van der Waals surface area contributed by atoms with Crippen molar-refractivity contribution in [3.63, 3.8) is 0 Å². The zero-order valence-corrected chi connectivity index (χ0v) is 24.9. The Labute approximate surface area is 236 Å². The van der Waals surface area contributed by atoms with E-state index in [1.165, 1.54) is 6.92 Å². The Hall–Kier alpha value is -3.19. The van der Waals surface area contributed by atoms with Gasteiger partial charge in [-0.05, 0) is 61.6 Å². The number of carbonyl (C=O) groups excluding carboxylic acids is 3. The molecule has 0 bridgehead atoms. The third kappa shape index (κ3) is 4.25. The summed E-state index contributed by atoms with van der Waals surface area (Å²) in [6.45, 7) is 19.1. The smallest absolute Gasteiger partial charge is 0.310 e. The maximum absolute atomic E-state index is 14.3. The number of aliphatic hydroxyl groups is 2. The molecule has 40 heavy (non-hydrogen) atoms. The molecule has 3 N–H and O–H groups in total. The lowest BCUT2D eigenvalue weighted by atomic mass is 9.47. The van der Waals surface area contributed by atoms with E-state index in [9.17, 15) is 29.7 Å². The monoisotopic (exact) mass is 550 g/mol. The van der Waals surface area contributed by atoms with Crippen LogP contribution in [0, 0.1) is 16.7 Å². The van der Waals surface area contributed by atoms with E-state index >= 15 is 0 Å². The number of rotatable bonds is 6. The van der Waals surface area contributed by atoms with E-state index in [0.717, 1.165) is 11.1 Å². The molecule has 3 atom stereocenters. The fourth-order valence-electron chi connectivity index (χ4n) is 7.54. The molecule has 0 amide bonds. The van der Waals surface area contributed by atoms with E-state index in [1.54, 1.807) is 6.07 Å². The standard InChI is InChI=1S/C33H42O7/c1-16(2)14-40-24(35)11-21-10-22(17(3)4)23-13-31(8)15-32(9)12-18(5)25(20(7)34)19(6)33(32,39)30(38)27(31)29(37)26(23)28(21)36/h10,16-17,36,38-39H,6,11-15H2,1-5,7-9H3/t31-,32+,33+/m1/s1. The summed E-state index contributed by atoms with van der Waals surface area (Å²) in [6, 6.07) is 1.79. The Kier molecular flexibility index (Phi) is 7.24. The molecule has 216 valence electrons. The summed E-state index contributed by atoms with van der Waals surface area (Å²) >= 11 is 0. The number of carbonyl (C=O) groups is 3. The number of aliphatic hydroxyl groups excluding tert-OH is 1. The third-order valence-electron chi connectivity index (χ3n) is 9.09.